The monoisotopic (exact) mass is 239 g/mol. The minimum absolute atomic E-state index is 0. The summed E-state index contributed by atoms with van der Waals surface area (Å²) in [7, 11) is 0. The van der Waals surface area contributed by atoms with Gasteiger partial charge in [0.2, 0.25) is 0 Å². The standard InChI is InChI=1S/C6H4NO.Cs/c8-5-6-2-1-3-7-4-6;/h1-4H;/q-1;+1. The molecule has 0 aliphatic rings. The molecule has 0 saturated heterocycles. The third kappa shape index (κ3) is 3.54. The third-order valence-corrected chi connectivity index (χ3v) is 0.779. The zero-order chi connectivity index (χ0) is 5.82. The van der Waals surface area contributed by atoms with Crippen molar-refractivity contribution < 1.29 is 73.7 Å². The maximum absolute atomic E-state index is 9.84. The van der Waals surface area contributed by atoms with Crippen LogP contribution in [-0.4, -0.2) is 11.3 Å². The van der Waals surface area contributed by atoms with Crippen molar-refractivity contribution in [3.63, 3.8) is 0 Å². The van der Waals surface area contributed by atoms with Crippen molar-refractivity contribution in [3.8, 4) is 0 Å². The van der Waals surface area contributed by atoms with Crippen LogP contribution in [0.3, 0.4) is 0 Å². The van der Waals surface area contributed by atoms with Gasteiger partial charge in [0, 0.05) is 0 Å². The largest absolute Gasteiger partial charge is 1.00 e. The molecule has 0 spiro atoms. The van der Waals surface area contributed by atoms with Gasteiger partial charge in [-0.25, -0.2) is 0 Å². The molecule has 9 heavy (non-hydrogen) atoms. The molecule has 0 aliphatic heterocycles. The van der Waals surface area contributed by atoms with E-state index >= 15 is 0 Å². The summed E-state index contributed by atoms with van der Waals surface area (Å²) in [6, 6.07) is 3.35. The summed E-state index contributed by atoms with van der Waals surface area (Å²) in [5.41, 5.74) is 0.493. The van der Waals surface area contributed by atoms with E-state index in [2.05, 4.69) is 4.98 Å². The first-order valence-electron chi connectivity index (χ1n) is 2.21. The van der Waals surface area contributed by atoms with Crippen LogP contribution in [0.2, 0.25) is 0 Å². The predicted octanol–water partition coefficient (Wildman–Crippen LogP) is -2.46. The Morgan fingerprint density at radius 3 is 2.67 bits per heavy atom. The molecule has 1 aromatic rings. The minimum Gasteiger partial charge on any atom is -0.376 e. The van der Waals surface area contributed by atoms with Gasteiger partial charge in [-0.2, -0.15) is 6.07 Å². The fraction of sp³-hybridized carbons (Fsp3) is 0. The second-order valence-electron chi connectivity index (χ2n) is 1.34. The van der Waals surface area contributed by atoms with Crippen LogP contribution in [0.5, 0.6) is 0 Å². The van der Waals surface area contributed by atoms with E-state index in [4.69, 9.17) is 0 Å². The maximum Gasteiger partial charge on any atom is 1.00 e. The zero-order valence-corrected chi connectivity index (χ0v) is 11.4. The van der Waals surface area contributed by atoms with E-state index in [0.29, 0.717) is 5.56 Å². The molecule has 0 saturated carbocycles. The molecule has 2 nitrogen and oxygen atoms in total. The van der Waals surface area contributed by atoms with E-state index < -0.39 is 0 Å². The van der Waals surface area contributed by atoms with Crippen LogP contribution in [0.1, 0.15) is 5.56 Å². The van der Waals surface area contributed by atoms with Gasteiger partial charge >= 0.3 is 68.9 Å². The number of carbonyl (C=O) groups excluding carboxylic acids is 1. The summed E-state index contributed by atoms with van der Waals surface area (Å²) >= 11 is 0. The summed E-state index contributed by atoms with van der Waals surface area (Å²) in [4.78, 5) is 13.5. The van der Waals surface area contributed by atoms with Gasteiger partial charge in [0.1, 0.15) is 0 Å². The Bertz CT molecular complexity index is 176. The van der Waals surface area contributed by atoms with Crippen LogP contribution in [-0.2, 0) is 4.79 Å². The van der Waals surface area contributed by atoms with Crippen molar-refractivity contribution in [2.75, 3.05) is 0 Å². The van der Waals surface area contributed by atoms with E-state index in [0.717, 1.165) is 0 Å². The number of hydrogen-bond donors (Lipinski definition) is 0. The summed E-state index contributed by atoms with van der Waals surface area (Å²) < 4.78 is 0. The minimum atomic E-state index is 0. The Morgan fingerprint density at radius 2 is 2.33 bits per heavy atom. The third-order valence-electron chi connectivity index (χ3n) is 0.779. The Hall–Kier alpha value is 0.872. The summed E-state index contributed by atoms with van der Waals surface area (Å²) in [6.45, 7) is 0. The molecule has 0 aliphatic carbocycles. The summed E-state index contributed by atoms with van der Waals surface area (Å²) in [5, 5.41) is 0. The molecule has 0 N–H and O–H groups in total. The van der Waals surface area contributed by atoms with Crippen molar-refractivity contribution in [1.82, 2.24) is 4.98 Å². The van der Waals surface area contributed by atoms with Crippen LogP contribution in [0.4, 0.5) is 0 Å². The molecule has 0 fully saturated rings. The molecular formula is C6H4CsNO. The second kappa shape index (κ2) is 5.64. The van der Waals surface area contributed by atoms with E-state index in [9.17, 15) is 4.79 Å². The SMILES string of the molecule is O=[C-]c1cccnc1.[Cs+]. The van der Waals surface area contributed by atoms with Gasteiger partial charge in [-0.3, -0.25) is 0 Å². The van der Waals surface area contributed by atoms with Gasteiger partial charge in [0.25, 0.3) is 0 Å². The average molecular weight is 239 g/mol. The Labute approximate surface area is 112 Å². The van der Waals surface area contributed by atoms with Gasteiger partial charge in [0.05, 0.1) is 6.29 Å². The smallest absolute Gasteiger partial charge is 0.376 e. The number of aromatic nitrogens is 1. The van der Waals surface area contributed by atoms with Crippen LogP contribution in [0, 0.1) is 0 Å². The van der Waals surface area contributed by atoms with Crippen molar-refractivity contribution in [2.45, 2.75) is 0 Å². The molecule has 0 atom stereocenters. The molecule has 0 bridgehead atoms. The molecule has 0 amide bonds. The quantitative estimate of drug-likeness (QED) is 0.509. The number of pyridine rings is 1. The summed E-state index contributed by atoms with van der Waals surface area (Å²) in [5.74, 6) is 0. The number of hydrogen-bond acceptors (Lipinski definition) is 2. The molecule has 3 heteroatoms. The first kappa shape index (κ1) is 9.87. The summed E-state index contributed by atoms with van der Waals surface area (Å²) in [6.07, 6.45) is 4.79. The average Bonchev–Trinajstić information content (AvgIpc) is 1.90. The van der Waals surface area contributed by atoms with E-state index in [-0.39, 0.29) is 68.9 Å². The zero-order valence-electron chi connectivity index (χ0n) is 5.16. The molecule has 0 unspecified atom stereocenters. The Morgan fingerprint density at radius 1 is 1.56 bits per heavy atom. The van der Waals surface area contributed by atoms with Crippen LogP contribution in [0.15, 0.2) is 24.5 Å². The Kier molecular flexibility index (Phi) is 6.19. The van der Waals surface area contributed by atoms with Gasteiger partial charge in [-0.05, 0) is 6.20 Å². The van der Waals surface area contributed by atoms with Crippen molar-refractivity contribution in [3.05, 3.63) is 30.1 Å². The molecule has 0 aromatic carbocycles. The van der Waals surface area contributed by atoms with Gasteiger partial charge in [-0.15, -0.1) is 11.6 Å². The van der Waals surface area contributed by atoms with Crippen LogP contribution >= 0.6 is 0 Å². The fourth-order valence-corrected chi connectivity index (χ4v) is 0.423. The van der Waals surface area contributed by atoms with E-state index in [1.165, 1.54) is 6.20 Å². The number of rotatable bonds is 1. The van der Waals surface area contributed by atoms with E-state index in [1.807, 2.05) is 0 Å². The van der Waals surface area contributed by atoms with Gasteiger partial charge in [0.15, 0.2) is 0 Å². The molecule has 1 aromatic heterocycles. The topological polar surface area (TPSA) is 30.0 Å². The normalized spacial score (nSPS) is 7.56. The van der Waals surface area contributed by atoms with Crippen LogP contribution < -0.4 is 68.9 Å². The Balaban J connectivity index is 0.000000640. The second-order valence-corrected chi connectivity index (χ2v) is 1.34. The first-order valence-corrected chi connectivity index (χ1v) is 2.21. The van der Waals surface area contributed by atoms with Crippen molar-refractivity contribution in [1.29, 1.82) is 0 Å². The maximum atomic E-state index is 9.84. The van der Waals surface area contributed by atoms with Gasteiger partial charge < -0.3 is 9.78 Å². The number of nitrogens with zero attached hydrogens (tertiary/aromatic N) is 1. The molecule has 40 valence electrons. The first-order chi connectivity index (χ1) is 3.93. The molecular weight excluding hydrogens is 235 g/mol. The molecule has 1 heterocycles. The molecule has 0 radical (unpaired) electrons. The van der Waals surface area contributed by atoms with Crippen molar-refractivity contribution in [2.24, 2.45) is 0 Å². The van der Waals surface area contributed by atoms with E-state index in [1.54, 1.807) is 24.6 Å². The fourth-order valence-electron chi connectivity index (χ4n) is 0.423. The van der Waals surface area contributed by atoms with Crippen LogP contribution in [0.25, 0.3) is 0 Å². The van der Waals surface area contributed by atoms with Gasteiger partial charge in [-0.1, -0.05) is 6.20 Å². The predicted molar refractivity (Wildman–Crippen MR) is 29.0 cm³/mol. The van der Waals surface area contributed by atoms with Crippen molar-refractivity contribution >= 4 is 6.29 Å². The molecule has 1 rings (SSSR count).